The highest BCUT2D eigenvalue weighted by atomic mass is 16.7. The summed E-state index contributed by atoms with van der Waals surface area (Å²) in [4.78, 5) is 48.8. The Labute approximate surface area is 238 Å². The molecule has 1 unspecified atom stereocenters. The molecule has 1 rings (SSSR count). The predicted octanol–water partition coefficient (Wildman–Crippen LogP) is 3.53. The van der Waals surface area contributed by atoms with Crippen LogP contribution in [0.5, 0.6) is 0 Å². The quantitative estimate of drug-likeness (QED) is 0.0407. The van der Waals surface area contributed by atoms with Gasteiger partial charge in [0.1, 0.15) is 17.4 Å². The number of unbranched alkanes of at least 4 members (excludes halogenated alkanes) is 6. The Morgan fingerprint density at radius 3 is 2.30 bits per heavy atom. The predicted molar refractivity (Wildman–Crippen MR) is 153 cm³/mol. The van der Waals surface area contributed by atoms with Gasteiger partial charge in [0.25, 0.3) is 5.96 Å². The number of nitrogens with one attached hydrogen (secondary N) is 3. The molecule has 2 amide bonds. The number of nitrogens with two attached hydrogens (primary N) is 1. The summed E-state index contributed by atoms with van der Waals surface area (Å²) in [6, 6.07) is 0.680. The van der Waals surface area contributed by atoms with Crippen LogP contribution < -0.4 is 21.7 Å². The zero-order valence-electron chi connectivity index (χ0n) is 24.2. The van der Waals surface area contributed by atoms with Crippen LogP contribution in [0.1, 0.15) is 110 Å². The number of carbonyl (C=O) groups is 3. The van der Waals surface area contributed by atoms with Crippen molar-refractivity contribution in [1.82, 2.24) is 16.0 Å². The molecule has 40 heavy (non-hydrogen) atoms. The number of hydrazone groups is 1. The number of rotatable bonds is 21. The lowest BCUT2D eigenvalue weighted by molar-refractivity contribution is -0.485. The third-order valence-electron chi connectivity index (χ3n) is 7.37. The topological polar surface area (TPSA) is 193 Å². The van der Waals surface area contributed by atoms with E-state index in [-0.39, 0.29) is 36.7 Å². The zero-order valence-corrected chi connectivity index (χ0v) is 24.2. The van der Waals surface area contributed by atoms with Crippen LogP contribution in [0, 0.1) is 39.2 Å². The van der Waals surface area contributed by atoms with Crippen molar-refractivity contribution in [3.8, 4) is 6.07 Å². The molecule has 0 radical (unpaired) electrons. The van der Waals surface area contributed by atoms with Crippen molar-refractivity contribution < 1.29 is 19.4 Å². The summed E-state index contributed by atoms with van der Waals surface area (Å²) in [6.07, 6.45) is 13.6. The van der Waals surface area contributed by atoms with Crippen molar-refractivity contribution in [3.63, 3.8) is 0 Å². The van der Waals surface area contributed by atoms with Gasteiger partial charge in [0.2, 0.25) is 11.8 Å². The molecular weight excluding hydrogens is 514 g/mol. The van der Waals surface area contributed by atoms with Gasteiger partial charge in [-0.2, -0.15) is 5.26 Å². The highest BCUT2D eigenvalue weighted by Gasteiger charge is 2.33. The molecule has 0 bridgehead atoms. The molecule has 0 aromatic rings. The first-order valence-electron chi connectivity index (χ1n) is 14.8. The third kappa shape index (κ3) is 15.4. The Morgan fingerprint density at radius 2 is 1.70 bits per heavy atom. The van der Waals surface area contributed by atoms with Crippen LogP contribution in [0.15, 0.2) is 5.10 Å². The molecule has 0 aromatic heterocycles. The molecule has 1 aliphatic rings. The number of nitro groups is 1. The van der Waals surface area contributed by atoms with Crippen molar-refractivity contribution in [2.45, 2.75) is 122 Å². The maximum absolute atomic E-state index is 13.6. The molecule has 12 heteroatoms. The second-order valence-electron chi connectivity index (χ2n) is 11.2. The smallest absolute Gasteiger partial charge is 0.266 e. The summed E-state index contributed by atoms with van der Waals surface area (Å²) < 4.78 is 0. The number of aldehydes is 1. The van der Waals surface area contributed by atoms with Crippen molar-refractivity contribution >= 4 is 24.1 Å². The SMILES string of the molecule is CC(C)C[C@@H](C=O)NC(=O)[C@H](CCCN/C(N)=N\[N+](=O)[O-])NC(=O)C(CCCCCCCCC#N)C1CCCC1. The van der Waals surface area contributed by atoms with E-state index >= 15 is 0 Å². The van der Waals surface area contributed by atoms with Gasteiger partial charge in [0, 0.05) is 18.9 Å². The first kappa shape index (κ1) is 34.8. The van der Waals surface area contributed by atoms with E-state index in [1.165, 1.54) is 0 Å². The molecule has 1 saturated carbocycles. The van der Waals surface area contributed by atoms with Crippen LogP contribution in [-0.4, -0.2) is 47.7 Å². The number of carbonyl (C=O) groups excluding carboxylic acids is 3. The van der Waals surface area contributed by atoms with Crippen LogP contribution in [0.3, 0.4) is 0 Å². The van der Waals surface area contributed by atoms with Crippen molar-refractivity contribution in [3.05, 3.63) is 10.1 Å². The molecule has 12 nitrogen and oxygen atoms in total. The molecule has 0 aliphatic heterocycles. The monoisotopic (exact) mass is 563 g/mol. The number of hydrogen-bond acceptors (Lipinski definition) is 6. The van der Waals surface area contributed by atoms with Crippen LogP contribution in [-0.2, 0) is 14.4 Å². The van der Waals surface area contributed by atoms with Gasteiger partial charge in [0.15, 0.2) is 5.03 Å². The maximum atomic E-state index is 13.6. The lowest BCUT2D eigenvalue weighted by atomic mass is 9.85. The van der Waals surface area contributed by atoms with E-state index in [9.17, 15) is 24.5 Å². The normalized spacial score (nSPS) is 16.1. The molecule has 5 N–H and O–H groups in total. The van der Waals surface area contributed by atoms with Gasteiger partial charge in [-0.05, 0) is 56.8 Å². The van der Waals surface area contributed by atoms with Gasteiger partial charge in [-0.3, -0.25) is 9.59 Å². The fourth-order valence-corrected chi connectivity index (χ4v) is 5.35. The van der Waals surface area contributed by atoms with Crippen molar-refractivity contribution in [1.29, 1.82) is 5.26 Å². The van der Waals surface area contributed by atoms with Gasteiger partial charge in [-0.1, -0.05) is 58.8 Å². The first-order valence-corrected chi connectivity index (χ1v) is 14.8. The Kier molecular flexibility index (Phi) is 18.0. The third-order valence-corrected chi connectivity index (χ3v) is 7.37. The van der Waals surface area contributed by atoms with Gasteiger partial charge in [-0.25, -0.2) is 10.1 Å². The molecule has 3 atom stereocenters. The summed E-state index contributed by atoms with van der Waals surface area (Å²) >= 11 is 0. The molecule has 1 aliphatic carbocycles. The highest BCUT2D eigenvalue weighted by molar-refractivity contribution is 5.89. The Hall–Kier alpha value is -3.23. The number of nitriles is 1. The molecule has 0 heterocycles. The Morgan fingerprint density at radius 1 is 1.05 bits per heavy atom. The molecule has 0 saturated heterocycles. The van der Waals surface area contributed by atoms with Crippen molar-refractivity contribution in [2.75, 3.05) is 6.54 Å². The summed E-state index contributed by atoms with van der Waals surface area (Å²) in [7, 11) is 0. The van der Waals surface area contributed by atoms with E-state index in [1.54, 1.807) is 0 Å². The van der Waals surface area contributed by atoms with Crippen LogP contribution in [0.4, 0.5) is 0 Å². The molecule has 0 aromatic carbocycles. The lowest BCUT2D eigenvalue weighted by Crippen LogP contribution is -2.52. The van der Waals surface area contributed by atoms with E-state index in [0.29, 0.717) is 25.2 Å². The number of hydrogen-bond donors (Lipinski definition) is 4. The number of amides is 2. The number of nitrogens with zero attached hydrogens (tertiary/aromatic N) is 3. The minimum atomic E-state index is -0.898. The van der Waals surface area contributed by atoms with Crippen LogP contribution in [0.2, 0.25) is 0 Å². The van der Waals surface area contributed by atoms with E-state index in [4.69, 9.17) is 11.0 Å². The molecular formula is C28H49N7O5. The van der Waals surface area contributed by atoms with Crippen LogP contribution >= 0.6 is 0 Å². The standard InChI is InChI=1S/C28H49N7O5/c1-21(2)19-23(20-36)32-27(38)25(16-12-18-31-28(30)34-35(39)40)33-26(37)24(22-13-9-10-14-22)15-8-6-4-3-5-7-11-17-29/h20-25H,3-16,18-19H2,1-2H3,(H,32,38)(H,33,37)(H3,30,31,34)/t23-,24?,25-/m0/s1. The second kappa shape index (κ2) is 20.6. The number of guanidine groups is 1. The highest BCUT2D eigenvalue weighted by Crippen LogP contribution is 2.34. The van der Waals surface area contributed by atoms with Gasteiger partial charge in [-0.15, -0.1) is 0 Å². The zero-order chi connectivity index (χ0) is 29.8. The summed E-state index contributed by atoms with van der Waals surface area (Å²) in [6.45, 7) is 4.15. The van der Waals surface area contributed by atoms with Crippen molar-refractivity contribution in [2.24, 2.45) is 28.6 Å². The Balaban J connectivity index is 2.82. The summed E-state index contributed by atoms with van der Waals surface area (Å²) in [5.74, 6) is -0.553. The molecule has 0 spiro atoms. The van der Waals surface area contributed by atoms with E-state index in [1.807, 2.05) is 13.8 Å². The van der Waals surface area contributed by atoms with E-state index < -0.39 is 23.0 Å². The maximum Gasteiger partial charge on any atom is 0.266 e. The average Bonchev–Trinajstić information content (AvgIpc) is 3.42. The molecule has 226 valence electrons. The van der Waals surface area contributed by atoms with Gasteiger partial charge >= 0.3 is 0 Å². The minimum Gasteiger partial charge on any atom is -0.365 e. The fourth-order valence-electron chi connectivity index (χ4n) is 5.35. The largest absolute Gasteiger partial charge is 0.365 e. The Bertz CT molecular complexity index is 852. The van der Waals surface area contributed by atoms with Crippen LogP contribution in [0.25, 0.3) is 0 Å². The van der Waals surface area contributed by atoms with Gasteiger partial charge < -0.3 is 26.5 Å². The molecule has 1 fully saturated rings. The minimum absolute atomic E-state index is 0.130. The van der Waals surface area contributed by atoms with Gasteiger partial charge in [0.05, 0.1) is 12.1 Å². The average molecular weight is 564 g/mol. The fraction of sp³-hybridized carbons (Fsp3) is 0.821. The van der Waals surface area contributed by atoms with E-state index in [0.717, 1.165) is 76.9 Å². The second-order valence-corrected chi connectivity index (χ2v) is 11.2. The summed E-state index contributed by atoms with van der Waals surface area (Å²) in [5, 5.41) is 29.6. The van der Waals surface area contributed by atoms with E-state index in [2.05, 4.69) is 27.1 Å². The first-order chi connectivity index (χ1) is 19.2. The summed E-state index contributed by atoms with van der Waals surface area (Å²) in [5.41, 5.74) is 5.47. The lowest BCUT2D eigenvalue weighted by Gasteiger charge is -2.27.